The number of amides is 1. The Morgan fingerprint density at radius 2 is 2.40 bits per heavy atom. The molecule has 0 aliphatic carbocycles. The molecule has 1 amide bonds. The van der Waals surface area contributed by atoms with E-state index in [9.17, 15) is 4.79 Å². The molecule has 4 heteroatoms. The number of hydrogen-bond acceptors (Lipinski definition) is 3. The summed E-state index contributed by atoms with van der Waals surface area (Å²) in [6.45, 7) is 3.84. The van der Waals surface area contributed by atoms with E-state index >= 15 is 0 Å². The van der Waals surface area contributed by atoms with Crippen LogP contribution < -0.4 is 10.6 Å². The van der Waals surface area contributed by atoms with Gasteiger partial charge in [-0.1, -0.05) is 13.3 Å². The van der Waals surface area contributed by atoms with Gasteiger partial charge >= 0.3 is 0 Å². The average Bonchev–Trinajstić information content (AvgIpc) is 2.27. The lowest BCUT2D eigenvalue weighted by molar-refractivity contribution is -0.123. The van der Waals surface area contributed by atoms with E-state index in [0.717, 1.165) is 25.8 Å². The molecule has 0 radical (unpaired) electrons. The Morgan fingerprint density at radius 1 is 1.60 bits per heavy atom. The first-order valence-corrected chi connectivity index (χ1v) is 5.86. The van der Waals surface area contributed by atoms with Gasteiger partial charge in [0.15, 0.2) is 0 Å². The molecular formula is C11H22N2O2. The summed E-state index contributed by atoms with van der Waals surface area (Å²) in [5.41, 5.74) is 0. The van der Waals surface area contributed by atoms with Crippen LogP contribution in [-0.2, 0) is 4.79 Å². The van der Waals surface area contributed by atoms with Crippen molar-refractivity contribution in [3.05, 3.63) is 0 Å². The maximum absolute atomic E-state index is 11.7. The predicted molar refractivity (Wildman–Crippen MR) is 59.5 cm³/mol. The van der Waals surface area contributed by atoms with Gasteiger partial charge in [0.1, 0.15) is 0 Å². The zero-order chi connectivity index (χ0) is 11.1. The van der Waals surface area contributed by atoms with Crippen LogP contribution in [0.4, 0.5) is 0 Å². The van der Waals surface area contributed by atoms with E-state index in [1.54, 1.807) is 0 Å². The molecule has 1 fully saturated rings. The number of rotatable bonds is 5. The Hall–Kier alpha value is -0.610. The van der Waals surface area contributed by atoms with E-state index in [-0.39, 0.29) is 18.6 Å². The molecule has 2 atom stereocenters. The van der Waals surface area contributed by atoms with Crippen LogP contribution in [0.1, 0.15) is 32.6 Å². The summed E-state index contributed by atoms with van der Waals surface area (Å²) in [5.74, 6) is 0.460. The smallest absolute Gasteiger partial charge is 0.237 e. The lowest BCUT2D eigenvalue weighted by Crippen LogP contribution is -2.47. The van der Waals surface area contributed by atoms with Crippen LogP contribution in [0.5, 0.6) is 0 Å². The number of aliphatic hydroxyl groups is 1. The molecule has 0 aromatic carbocycles. The van der Waals surface area contributed by atoms with Gasteiger partial charge in [-0.15, -0.1) is 0 Å². The topological polar surface area (TPSA) is 61.4 Å². The molecule has 0 bridgehead atoms. The molecule has 1 aliphatic rings. The first-order chi connectivity index (χ1) is 7.24. The van der Waals surface area contributed by atoms with E-state index in [1.807, 2.05) is 6.92 Å². The average molecular weight is 214 g/mol. The van der Waals surface area contributed by atoms with Gasteiger partial charge in [-0.3, -0.25) is 4.79 Å². The summed E-state index contributed by atoms with van der Waals surface area (Å²) in [7, 11) is 0. The van der Waals surface area contributed by atoms with Gasteiger partial charge in [0.05, 0.1) is 6.04 Å². The fraction of sp³-hybridized carbons (Fsp3) is 0.909. The summed E-state index contributed by atoms with van der Waals surface area (Å²) in [4.78, 5) is 11.7. The lowest BCUT2D eigenvalue weighted by atomic mass is 10.0. The third-order valence-electron chi connectivity index (χ3n) is 2.87. The zero-order valence-corrected chi connectivity index (χ0v) is 9.46. The van der Waals surface area contributed by atoms with Crippen molar-refractivity contribution >= 4 is 5.91 Å². The molecule has 0 aromatic rings. The number of piperidine rings is 1. The molecule has 1 saturated heterocycles. The van der Waals surface area contributed by atoms with E-state index < -0.39 is 0 Å². The highest BCUT2D eigenvalue weighted by Gasteiger charge is 2.20. The Kier molecular flexibility index (Phi) is 5.65. The first kappa shape index (κ1) is 12.5. The minimum absolute atomic E-state index is 0.0000709. The van der Waals surface area contributed by atoms with Crippen LogP contribution in [0.3, 0.4) is 0 Å². The van der Waals surface area contributed by atoms with Crippen LogP contribution in [-0.4, -0.2) is 36.8 Å². The molecule has 0 aromatic heterocycles. The SMILES string of the molecule is CC(CCO)CNC(=O)[C@H]1CCCCN1. The summed E-state index contributed by atoms with van der Waals surface area (Å²) in [6, 6.07) is 0.0000709. The second-order valence-corrected chi connectivity index (χ2v) is 4.37. The largest absolute Gasteiger partial charge is 0.396 e. The van der Waals surface area contributed by atoms with Crippen molar-refractivity contribution < 1.29 is 9.90 Å². The first-order valence-electron chi connectivity index (χ1n) is 5.86. The van der Waals surface area contributed by atoms with Crippen molar-refractivity contribution in [3.63, 3.8) is 0 Å². The second-order valence-electron chi connectivity index (χ2n) is 4.37. The lowest BCUT2D eigenvalue weighted by Gasteiger charge is -2.23. The Bertz CT molecular complexity index is 191. The van der Waals surface area contributed by atoms with E-state index in [2.05, 4.69) is 10.6 Å². The van der Waals surface area contributed by atoms with Crippen molar-refractivity contribution in [2.75, 3.05) is 19.7 Å². The molecular weight excluding hydrogens is 192 g/mol. The van der Waals surface area contributed by atoms with E-state index in [4.69, 9.17) is 5.11 Å². The number of nitrogens with one attached hydrogen (secondary N) is 2. The second kappa shape index (κ2) is 6.80. The highest BCUT2D eigenvalue weighted by Crippen LogP contribution is 2.07. The number of hydrogen-bond donors (Lipinski definition) is 3. The van der Waals surface area contributed by atoms with Gasteiger partial charge in [0, 0.05) is 13.2 Å². The third-order valence-corrected chi connectivity index (χ3v) is 2.87. The molecule has 0 spiro atoms. The highest BCUT2D eigenvalue weighted by atomic mass is 16.3. The van der Waals surface area contributed by atoms with Gasteiger partial charge in [0.2, 0.25) is 5.91 Å². The minimum Gasteiger partial charge on any atom is -0.396 e. The molecule has 15 heavy (non-hydrogen) atoms. The van der Waals surface area contributed by atoms with Crippen LogP contribution in [0.15, 0.2) is 0 Å². The normalized spacial score (nSPS) is 23.5. The minimum atomic E-state index is 0.0000709. The van der Waals surface area contributed by atoms with Gasteiger partial charge in [-0.2, -0.15) is 0 Å². The molecule has 3 N–H and O–H groups in total. The van der Waals surface area contributed by atoms with Gasteiger partial charge in [-0.25, -0.2) is 0 Å². The summed E-state index contributed by atoms with van der Waals surface area (Å²) in [6.07, 6.45) is 4.00. The molecule has 1 unspecified atom stereocenters. The summed E-state index contributed by atoms with van der Waals surface area (Å²) >= 11 is 0. The van der Waals surface area contributed by atoms with Crippen LogP contribution >= 0.6 is 0 Å². The molecule has 0 saturated carbocycles. The van der Waals surface area contributed by atoms with Gasteiger partial charge in [-0.05, 0) is 31.7 Å². The summed E-state index contributed by atoms with van der Waals surface area (Å²) in [5, 5.41) is 14.9. The number of carbonyl (C=O) groups is 1. The molecule has 1 rings (SSSR count). The fourth-order valence-electron chi connectivity index (χ4n) is 1.80. The zero-order valence-electron chi connectivity index (χ0n) is 9.46. The third kappa shape index (κ3) is 4.62. The van der Waals surface area contributed by atoms with Crippen LogP contribution in [0.2, 0.25) is 0 Å². The standard InChI is InChI=1S/C11H22N2O2/c1-9(5-7-14)8-13-11(15)10-4-2-3-6-12-10/h9-10,12,14H,2-8H2,1H3,(H,13,15)/t9?,10-/m1/s1. The van der Waals surface area contributed by atoms with Gasteiger partial charge < -0.3 is 15.7 Å². The number of carbonyl (C=O) groups excluding carboxylic acids is 1. The van der Waals surface area contributed by atoms with Crippen molar-refractivity contribution in [2.45, 2.75) is 38.6 Å². The van der Waals surface area contributed by atoms with Crippen LogP contribution in [0.25, 0.3) is 0 Å². The monoisotopic (exact) mass is 214 g/mol. The van der Waals surface area contributed by atoms with Crippen molar-refractivity contribution in [1.29, 1.82) is 0 Å². The van der Waals surface area contributed by atoms with E-state index in [1.165, 1.54) is 6.42 Å². The highest BCUT2D eigenvalue weighted by molar-refractivity contribution is 5.81. The number of aliphatic hydroxyl groups excluding tert-OH is 1. The van der Waals surface area contributed by atoms with Crippen LogP contribution in [0, 0.1) is 5.92 Å². The Morgan fingerprint density at radius 3 is 3.00 bits per heavy atom. The summed E-state index contributed by atoms with van der Waals surface area (Å²) < 4.78 is 0. The molecule has 1 heterocycles. The Labute approximate surface area is 91.4 Å². The van der Waals surface area contributed by atoms with Crippen molar-refractivity contribution in [3.8, 4) is 0 Å². The molecule has 4 nitrogen and oxygen atoms in total. The van der Waals surface area contributed by atoms with Crippen molar-refractivity contribution in [1.82, 2.24) is 10.6 Å². The Balaban J connectivity index is 2.16. The fourth-order valence-corrected chi connectivity index (χ4v) is 1.80. The van der Waals surface area contributed by atoms with Crippen molar-refractivity contribution in [2.24, 2.45) is 5.92 Å². The van der Waals surface area contributed by atoms with Gasteiger partial charge in [0.25, 0.3) is 0 Å². The molecule has 88 valence electrons. The predicted octanol–water partition coefficient (Wildman–Crippen LogP) is 0.263. The molecule has 1 aliphatic heterocycles. The quantitative estimate of drug-likeness (QED) is 0.615. The maximum atomic E-state index is 11.7. The van der Waals surface area contributed by atoms with E-state index in [0.29, 0.717) is 12.5 Å². The maximum Gasteiger partial charge on any atom is 0.237 e.